The molecule has 1 amide bonds. The number of alkyl halides is 3. The van der Waals surface area contributed by atoms with Crippen LogP contribution in [0.25, 0.3) is 0 Å². The minimum atomic E-state index is -4.98. The fourth-order valence-corrected chi connectivity index (χ4v) is 2.13. The first-order valence-corrected chi connectivity index (χ1v) is 8.34. The van der Waals surface area contributed by atoms with E-state index in [1.54, 1.807) is 24.3 Å². The molecule has 2 aromatic carbocycles. The van der Waals surface area contributed by atoms with E-state index in [0.717, 1.165) is 11.8 Å². The average Bonchev–Trinajstić information content (AvgIpc) is 2.67. The summed E-state index contributed by atoms with van der Waals surface area (Å²) in [6.45, 7) is 1.34. The highest BCUT2D eigenvalue weighted by molar-refractivity contribution is 5.99. The first kappa shape index (κ1) is 21.7. The molecule has 0 spiro atoms. The van der Waals surface area contributed by atoms with Crippen molar-refractivity contribution in [1.82, 2.24) is 0 Å². The molecule has 0 bridgehead atoms. The van der Waals surface area contributed by atoms with Gasteiger partial charge in [-0.3, -0.25) is 9.59 Å². The van der Waals surface area contributed by atoms with Crippen molar-refractivity contribution in [2.24, 2.45) is 0 Å². The molecule has 0 saturated heterocycles. The van der Waals surface area contributed by atoms with E-state index in [1.165, 1.54) is 24.3 Å². The molecule has 2 aromatic rings. The van der Waals surface area contributed by atoms with E-state index in [1.807, 2.05) is 6.92 Å². The number of hydrogen-bond acceptors (Lipinski definition) is 5. The van der Waals surface area contributed by atoms with Gasteiger partial charge in [-0.25, -0.2) is 4.79 Å². The third-order valence-corrected chi connectivity index (χ3v) is 3.57. The van der Waals surface area contributed by atoms with E-state index in [4.69, 9.17) is 4.74 Å². The molecule has 0 heterocycles. The Morgan fingerprint density at radius 1 is 1.03 bits per heavy atom. The predicted molar refractivity (Wildman–Crippen MR) is 100 cm³/mol. The van der Waals surface area contributed by atoms with E-state index >= 15 is 0 Å². The van der Waals surface area contributed by atoms with Crippen LogP contribution in [0.3, 0.4) is 0 Å². The Morgan fingerprint density at radius 2 is 1.69 bits per heavy atom. The SMILES string of the molecule is Cc1ccc(NC(=O)COC(=O)c2ccccc2N/C=C/C(=O)C(F)(F)F)cc1. The van der Waals surface area contributed by atoms with Crippen LogP contribution >= 0.6 is 0 Å². The smallest absolute Gasteiger partial charge is 0.452 e. The van der Waals surface area contributed by atoms with Gasteiger partial charge in [-0.15, -0.1) is 0 Å². The number of rotatable bonds is 7. The predicted octanol–water partition coefficient (Wildman–Crippen LogP) is 3.85. The van der Waals surface area contributed by atoms with Crippen LogP contribution in [0.1, 0.15) is 15.9 Å². The molecule has 0 aliphatic carbocycles. The number of ether oxygens (including phenoxy) is 1. The molecule has 0 radical (unpaired) electrons. The molecule has 2 N–H and O–H groups in total. The lowest BCUT2D eigenvalue weighted by Crippen LogP contribution is -2.21. The van der Waals surface area contributed by atoms with E-state index in [9.17, 15) is 27.6 Å². The van der Waals surface area contributed by atoms with Gasteiger partial charge in [0.15, 0.2) is 6.61 Å². The third kappa shape index (κ3) is 6.80. The number of nitrogens with one attached hydrogen (secondary N) is 2. The van der Waals surface area contributed by atoms with E-state index < -0.39 is 30.4 Å². The van der Waals surface area contributed by atoms with Crippen molar-refractivity contribution in [3.63, 3.8) is 0 Å². The molecule has 152 valence electrons. The van der Waals surface area contributed by atoms with Crippen LogP contribution in [-0.2, 0) is 14.3 Å². The second-order valence-electron chi connectivity index (χ2n) is 5.88. The van der Waals surface area contributed by atoms with Crippen LogP contribution < -0.4 is 10.6 Å². The molecule has 9 heteroatoms. The highest BCUT2D eigenvalue weighted by atomic mass is 19.4. The lowest BCUT2D eigenvalue weighted by atomic mass is 10.2. The van der Waals surface area contributed by atoms with Crippen molar-refractivity contribution in [3.05, 3.63) is 71.9 Å². The van der Waals surface area contributed by atoms with Gasteiger partial charge in [0.1, 0.15) is 0 Å². The Hall–Kier alpha value is -3.62. The largest absolute Gasteiger partial charge is 0.454 e. The van der Waals surface area contributed by atoms with Crippen molar-refractivity contribution in [1.29, 1.82) is 0 Å². The van der Waals surface area contributed by atoms with Crippen LogP contribution in [0.2, 0.25) is 0 Å². The number of benzene rings is 2. The maximum Gasteiger partial charge on any atom is 0.454 e. The van der Waals surface area contributed by atoms with Gasteiger partial charge in [-0.05, 0) is 31.2 Å². The lowest BCUT2D eigenvalue weighted by molar-refractivity contribution is -0.165. The average molecular weight is 406 g/mol. The molecule has 0 unspecified atom stereocenters. The van der Waals surface area contributed by atoms with Crippen LogP contribution in [0.15, 0.2) is 60.8 Å². The van der Waals surface area contributed by atoms with Gasteiger partial charge < -0.3 is 15.4 Å². The molecule has 0 fully saturated rings. The molecule has 29 heavy (non-hydrogen) atoms. The van der Waals surface area contributed by atoms with Gasteiger partial charge in [0.25, 0.3) is 11.7 Å². The summed E-state index contributed by atoms with van der Waals surface area (Å²) >= 11 is 0. The van der Waals surface area contributed by atoms with E-state index in [-0.39, 0.29) is 11.3 Å². The first-order chi connectivity index (χ1) is 13.7. The lowest BCUT2D eigenvalue weighted by Gasteiger charge is -2.10. The van der Waals surface area contributed by atoms with Crippen LogP contribution in [0.5, 0.6) is 0 Å². The third-order valence-electron chi connectivity index (χ3n) is 3.57. The van der Waals surface area contributed by atoms with E-state index in [2.05, 4.69) is 10.6 Å². The zero-order valence-corrected chi connectivity index (χ0v) is 15.2. The summed E-state index contributed by atoms with van der Waals surface area (Å²) < 4.78 is 41.5. The summed E-state index contributed by atoms with van der Waals surface area (Å²) in [7, 11) is 0. The normalized spacial score (nSPS) is 11.2. The first-order valence-electron chi connectivity index (χ1n) is 8.34. The van der Waals surface area contributed by atoms with Crippen LogP contribution in [-0.4, -0.2) is 30.4 Å². The van der Waals surface area contributed by atoms with E-state index in [0.29, 0.717) is 11.8 Å². The number of halogens is 3. The number of amides is 1. The van der Waals surface area contributed by atoms with Crippen LogP contribution in [0.4, 0.5) is 24.5 Å². The summed E-state index contributed by atoms with van der Waals surface area (Å²) in [6.07, 6.45) is -3.91. The Morgan fingerprint density at radius 3 is 2.34 bits per heavy atom. The quantitative estimate of drug-likeness (QED) is 0.539. The Kier molecular flexibility index (Phi) is 7.13. The molecule has 0 atom stereocenters. The van der Waals surface area contributed by atoms with Gasteiger partial charge in [-0.1, -0.05) is 29.8 Å². The number of anilines is 2. The highest BCUT2D eigenvalue weighted by Crippen LogP contribution is 2.18. The fourth-order valence-electron chi connectivity index (χ4n) is 2.13. The number of esters is 1. The minimum Gasteiger partial charge on any atom is -0.452 e. The number of aryl methyl sites for hydroxylation is 1. The maximum absolute atomic E-state index is 12.2. The van der Waals surface area contributed by atoms with Crippen molar-refractivity contribution in [3.8, 4) is 0 Å². The van der Waals surface area contributed by atoms with Gasteiger partial charge in [0.2, 0.25) is 0 Å². The fraction of sp³-hybridized carbons (Fsp3) is 0.150. The molecule has 6 nitrogen and oxygen atoms in total. The van der Waals surface area contributed by atoms with Crippen molar-refractivity contribution in [2.45, 2.75) is 13.1 Å². The summed E-state index contributed by atoms with van der Waals surface area (Å²) in [4.78, 5) is 34.9. The zero-order chi connectivity index (χ0) is 21.4. The topological polar surface area (TPSA) is 84.5 Å². The molecule has 0 aliphatic heterocycles. The summed E-state index contributed by atoms with van der Waals surface area (Å²) in [5, 5.41) is 4.99. The van der Waals surface area contributed by atoms with Crippen molar-refractivity contribution < 1.29 is 32.3 Å². The summed E-state index contributed by atoms with van der Waals surface area (Å²) in [6, 6.07) is 12.8. The number of carbonyl (C=O) groups excluding carboxylic acids is 3. The monoisotopic (exact) mass is 406 g/mol. The Labute approximate surface area is 164 Å². The molecule has 0 saturated carbocycles. The summed E-state index contributed by atoms with van der Waals surface area (Å²) in [5.74, 6) is -3.45. The molecular formula is C20H17F3N2O4. The van der Waals surface area contributed by atoms with Crippen molar-refractivity contribution in [2.75, 3.05) is 17.2 Å². The second kappa shape index (κ2) is 9.54. The molecule has 2 rings (SSSR count). The summed E-state index contributed by atoms with van der Waals surface area (Å²) in [5.41, 5.74) is 1.66. The molecule has 0 aromatic heterocycles. The van der Waals surface area contributed by atoms with Gasteiger partial charge >= 0.3 is 12.1 Å². The van der Waals surface area contributed by atoms with Crippen LogP contribution in [0, 0.1) is 6.92 Å². The maximum atomic E-state index is 12.2. The Bertz CT molecular complexity index is 922. The molecule has 0 aliphatic rings. The zero-order valence-electron chi connectivity index (χ0n) is 15.2. The standard InChI is InChI=1S/C20H17F3N2O4/c1-13-6-8-14(9-7-13)25-18(27)12-29-19(28)15-4-2-3-5-16(15)24-11-10-17(26)20(21,22)23/h2-11,24H,12H2,1H3,(H,25,27)/b11-10+. The number of carbonyl (C=O) groups is 3. The number of hydrogen-bond donors (Lipinski definition) is 2. The molecular weight excluding hydrogens is 389 g/mol. The number of ketones is 1. The second-order valence-corrected chi connectivity index (χ2v) is 5.88. The van der Waals surface area contributed by atoms with Gasteiger partial charge in [0.05, 0.1) is 11.3 Å². The van der Waals surface area contributed by atoms with Gasteiger partial charge in [0, 0.05) is 18.0 Å². The van der Waals surface area contributed by atoms with Crippen molar-refractivity contribution >= 4 is 29.0 Å². The Balaban J connectivity index is 1.95. The highest BCUT2D eigenvalue weighted by Gasteiger charge is 2.36. The van der Waals surface area contributed by atoms with Gasteiger partial charge in [-0.2, -0.15) is 13.2 Å². The number of para-hydroxylation sites is 1. The number of allylic oxidation sites excluding steroid dienone is 1. The minimum absolute atomic E-state index is 0.0141.